The Morgan fingerprint density at radius 1 is 1.35 bits per heavy atom. The van der Waals surface area contributed by atoms with Crippen LogP contribution in [0.2, 0.25) is 0 Å². The van der Waals surface area contributed by atoms with Crippen molar-refractivity contribution >= 4 is 0 Å². The van der Waals surface area contributed by atoms with Crippen molar-refractivity contribution < 1.29 is 0 Å². The van der Waals surface area contributed by atoms with Gasteiger partial charge in [-0.1, -0.05) is 6.42 Å². The van der Waals surface area contributed by atoms with E-state index in [0.29, 0.717) is 12.1 Å². The van der Waals surface area contributed by atoms with Gasteiger partial charge in [0.05, 0.1) is 6.20 Å². The van der Waals surface area contributed by atoms with Crippen LogP contribution in [-0.2, 0) is 13.5 Å². The van der Waals surface area contributed by atoms with Gasteiger partial charge in [0, 0.05) is 30.4 Å². The van der Waals surface area contributed by atoms with E-state index in [1.54, 1.807) is 0 Å². The zero-order chi connectivity index (χ0) is 11.8. The van der Waals surface area contributed by atoms with Gasteiger partial charge in [-0.05, 0) is 44.9 Å². The fourth-order valence-corrected chi connectivity index (χ4v) is 3.27. The molecular weight excluding hydrogens is 210 g/mol. The summed E-state index contributed by atoms with van der Waals surface area (Å²) in [7, 11) is 2.07. The van der Waals surface area contributed by atoms with E-state index < -0.39 is 0 Å². The molecule has 3 nitrogen and oxygen atoms in total. The summed E-state index contributed by atoms with van der Waals surface area (Å²) in [6, 6.07) is 1.21. The molecule has 1 aromatic heterocycles. The van der Waals surface area contributed by atoms with Crippen molar-refractivity contribution in [1.29, 1.82) is 0 Å². The number of nitrogens with zero attached hydrogens (tertiary/aromatic N) is 2. The summed E-state index contributed by atoms with van der Waals surface area (Å²) in [4.78, 5) is 0. The van der Waals surface area contributed by atoms with Crippen LogP contribution in [0.4, 0.5) is 0 Å². The fourth-order valence-electron chi connectivity index (χ4n) is 3.27. The Morgan fingerprint density at radius 2 is 2.18 bits per heavy atom. The number of aromatic nitrogens is 2. The summed E-state index contributed by atoms with van der Waals surface area (Å²) >= 11 is 0. The fraction of sp³-hybridized carbons (Fsp3) is 0.786. The summed E-state index contributed by atoms with van der Waals surface area (Å²) < 4.78 is 2.05. The lowest BCUT2D eigenvalue weighted by molar-refractivity contribution is 0.221. The van der Waals surface area contributed by atoms with Crippen LogP contribution in [0.1, 0.15) is 56.3 Å². The van der Waals surface area contributed by atoms with Crippen LogP contribution in [0.15, 0.2) is 6.20 Å². The van der Waals surface area contributed by atoms with E-state index in [0.717, 1.165) is 5.92 Å². The third-order valence-corrected chi connectivity index (χ3v) is 4.70. The summed E-state index contributed by atoms with van der Waals surface area (Å²) in [6.07, 6.45) is 10.1. The Kier molecular flexibility index (Phi) is 2.95. The van der Waals surface area contributed by atoms with Crippen LogP contribution in [-0.4, -0.2) is 15.8 Å². The number of fused-ring (bicyclic) bond motifs is 1. The van der Waals surface area contributed by atoms with Crippen molar-refractivity contribution in [3.8, 4) is 0 Å². The van der Waals surface area contributed by atoms with Gasteiger partial charge in [0.1, 0.15) is 0 Å². The minimum Gasteiger partial charge on any atom is -0.307 e. The van der Waals surface area contributed by atoms with E-state index in [-0.39, 0.29) is 0 Å². The highest BCUT2D eigenvalue weighted by Gasteiger charge is 2.29. The van der Waals surface area contributed by atoms with Crippen LogP contribution in [0.3, 0.4) is 0 Å². The molecule has 1 fully saturated rings. The lowest BCUT2D eigenvalue weighted by atomic mass is 9.79. The highest BCUT2D eigenvalue weighted by Crippen LogP contribution is 2.34. The molecule has 3 rings (SSSR count). The molecule has 0 amide bonds. The van der Waals surface area contributed by atoms with Gasteiger partial charge in [0.2, 0.25) is 0 Å². The monoisotopic (exact) mass is 233 g/mol. The molecule has 3 heteroatoms. The SMILES string of the molecule is CC(NC1CCCc2c1cnn2C)C1CCC1. The van der Waals surface area contributed by atoms with Crippen LogP contribution in [0, 0.1) is 5.92 Å². The van der Waals surface area contributed by atoms with E-state index in [4.69, 9.17) is 0 Å². The number of hydrogen-bond acceptors (Lipinski definition) is 2. The minimum atomic E-state index is 0.544. The average Bonchev–Trinajstić information content (AvgIpc) is 2.59. The Labute approximate surface area is 104 Å². The van der Waals surface area contributed by atoms with Crippen molar-refractivity contribution in [3.63, 3.8) is 0 Å². The van der Waals surface area contributed by atoms with Gasteiger partial charge in [-0.15, -0.1) is 0 Å². The minimum absolute atomic E-state index is 0.544. The second-order valence-electron chi connectivity index (χ2n) is 5.76. The van der Waals surface area contributed by atoms with E-state index >= 15 is 0 Å². The second-order valence-corrected chi connectivity index (χ2v) is 5.76. The summed E-state index contributed by atoms with van der Waals surface area (Å²) in [5.41, 5.74) is 2.89. The first-order chi connectivity index (χ1) is 8.25. The van der Waals surface area contributed by atoms with E-state index in [9.17, 15) is 0 Å². The Bertz CT molecular complexity index is 392. The molecule has 1 heterocycles. The predicted molar refractivity (Wildman–Crippen MR) is 68.8 cm³/mol. The molecule has 1 aromatic rings. The molecule has 2 aliphatic carbocycles. The largest absolute Gasteiger partial charge is 0.307 e. The third-order valence-electron chi connectivity index (χ3n) is 4.70. The van der Waals surface area contributed by atoms with Crippen LogP contribution in [0.25, 0.3) is 0 Å². The lowest BCUT2D eigenvalue weighted by Gasteiger charge is -2.35. The highest BCUT2D eigenvalue weighted by atomic mass is 15.3. The van der Waals surface area contributed by atoms with Gasteiger partial charge in [0.25, 0.3) is 0 Å². The van der Waals surface area contributed by atoms with Crippen molar-refractivity contribution in [2.75, 3.05) is 0 Å². The van der Waals surface area contributed by atoms with Gasteiger partial charge < -0.3 is 5.32 Å². The van der Waals surface area contributed by atoms with Crippen LogP contribution in [0.5, 0.6) is 0 Å². The molecule has 0 bridgehead atoms. The summed E-state index contributed by atoms with van der Waals surface area (Å²) in [6.45, 7) is 2.36. The quantitative estimate of drug-likeness (QED) is 0.869. The van der Waals surface area contributed by atoms with E-state index in [1.165, 1.54) is 49.8 Å². The van der Waals surface area contributed by atoms with Gasteiger partial charge in [-0.2, -0.15) is 5.10 Å². The standard InChI is InChI=1S/C14H23N3/c1-10(11-5-3-6-11)16-13-7-4-8-14-12(13)9-15-17(14)2/h9-11,13,16H,3-8H2,1-2H3. The van der Waals surface area contributed by atoms with Gasteiger partial charge in [-0.3, -0.25) is 4.68 Å². The molecule has 1 N–H and O–H groups in total. The molecule has 0 radical (unpaired) electrons. The average molecular weight is 233 g/mol. The van der Waals surface area contributed by atoms with E-state index in [2.05, 4.69) is 35.3 Å². The van der Waals surface area contributed by atoms with Crippen LogP contribution >= 0.6 is 0 Å². The first kappa shape index (κ1) is 11.3. The molecule has 17 heavy (non-hydrogen) atoms. The van der Waals surface area contributed by atoms with Crippen molar-refractivity contribution in [1.82, 2.24) is 15.1 Å². The summed E-state index contributed by atoms with van der Waals surface area (Å²) in [5.74, 6) is 0.914. The first-order valence-corrected chi connectivity index (χ1v) is 7.02. The van der Waals surface area contributed by atoms with Crippen molar-refractivity contribution in [2.45, 2.75) is 57.5 Å². The summed E-state index contributed by atoms with van der Waals surface area (Å²) in [5, 5.41) is 8.25. The Balaban J connectivity index is 1.71. The predicted octanol–water partition coefficient (Wildman–Crippen LogP) is 2.58. The van der Waals surface area contributed by atoms with Gasteiger partial charge >= 0.3 is 0 Å². The zero-order valence-corrected chi connectivity index (χ0v) is 10.9. The molecule has 2 unspecified atom stereocenters. The van der Waals surface area contributed by atoms with E-state index in [1.807, 2.05) is 0 Å². The molecule has 2 atom stereocenters. The molecule has 0 aliphatic heterocycles. The number of aryl methyl sites for hydroxylation is 1. The molecule has 0 spiro atoms. The highest BCUT2D eigenvalue weighted by molar-refractivity contribution is 5.24. The second kappa shape index (κ2) is 4.45. The topological polar surface area (TPSA) is 29.9 Å². The maximum absolute atomic E-state index is 4.41. The maximum atomic E-state index is 4.41. The lowest BCUT2D eigenvalue weighted by Crippen LogP contribution is -2.40. The van der Waals surface area contributed by atoms with Crippen molar-refractivity contribution in [3.05, 3.63) is 17.5 Å². The molecule has 0 saturated heterocycles. The Morgan fingerprint density at radius 3 is 2.88 bits per heavy atom. The molecule has 1 saturated carbocycles. The number of hydrogen-bond donors (Lipinski definition) is 1. The number of rotatable bonds is 3. The zero-order valence-electron chi connectivity index (χ0n) is 10.9. The molecule has 2 aliphatic rings. The first-order valence-electron chi connectivity index (χ1n) is 7.02. The smallest absolute Gasteiger partial charge is 0.0540 e. The van der Waals surface area contributed by atoms with Crippen LogP contribution < -0.4 is 5.32 Å². The molecular formula is C14H23N3. The normalized spacial score (nSPS) is 26.4. The maximum Gasteiger partial charge on any atom is 0.0540 e. The third kappa shape index (κ3) is 2.01. The van der Waals surface area contributed by atoms with Crippen molar-refractivity contribution in [2.24, 2.45) is 13.0 Å². The van der Waals surface area contributed by atoms with Gasteiger partial charge in [-0.25, -0.2) is 0 Å². The van der Waals surface area contributed by atoms with Gasteiger partial charge in [0.15, 0.2) is 0 Å². The molecule has 94 valence electrons. The number of nitrogens with one attached hydrogen (secondary N) is 1. The molecule has 0 aromatic carbocycles. The Hall–Kier alpha value is -0.830.